The maximum Gasteiger partial charge on any atom is 0.335 e. The minimum atomic E-state index is -0.960. The van der Waals surface area contributed by atoms with Crippen molar-refractivity contribution in [3.63, 3.8) is 0 Å². The molecule has 0 bridgehead atoms. The molecule has 3 heteroatoms. The smallest absolute Gasteiger partial charge is 0.335 e. The number of carbonyl (C=O) groups excluding carboxylic acids is 1. The van der Waals surface area contributed by atoms with E-state index in [1.807, 2.05) is 18.2 Å². The molecule has 0 amide bonds. The molecule has 0 aliphatic heterocycles. The predicted molar refractivity (Wildman–Crippen MR) is 101 cm³/mol. The van der Waals surface area contributed by atoms with Gasteiger partial charge in [-0.2, -0.15) is 0 Å². The Kier molecular flexibility index (Phi) is 5.92. The summed E-state index contributed by atoms with van der Waals surface area (Å²) >= 11 is 0. The van der Waals surface area contributed by atoms with E-state index in [2.05, 4.69) is 27.7 Å². The maximum atomic E-state index is 12.5. The van der Waals surface area contributed by atoms with Crippen LogP contribution in [-0.4, -0.2) is 16.9 Å². The number of aromatic carboxylic acids is 1. The Balaban J connectivity index is 2.22. The summed E-state index contributed by atoms with van der Waals surface area (Å²) in [6, 6.07) is 12.3. The molecule has 0 aliphatic carbocycles. The van der Waals surface area contributed by atoms with Crippen molar-refractivity contribution in [2.24, 2.45) is 0 Å². The molecule has 0 fully saturated rings. The third-order valence-electron chi connectivity index (χ3n) is 4.20. The number of rotatable bonds is 6. The van der Waals surface area contributed by atoms with Gasteiger partial charge in [-0.1, -0.05) is 58.0 Å². The van der Waals surface area contributed by atoms with E-state index in [1.54, 1.807) is 18.2 Å². The number of carbonyl (C=O) groups is 2. The van der Waals surface area contributed by atoms with Crippen molar-refractivity contribution in [3.8, 4) is 0 Å². The van der Waals surface area contributed by atoms with Gasteiger partial charge in [-0.3, -0.25) is 4.79 Å². The van der Waals surface area contributed by atoms with Crippen LogP contribution in [-0.2, 0) is 0 Å². The largest absolute Gasteiger partial charge is 0.478 e. The first kappa shape index (κ1) is 18.7. The van der Waals surface area contributed by atoms with Gasteiger partial charge in [0.25, 0.3) is 0 Å². The normalized spacial score (nSPS) is 11.4. The molecular formula is C22H24O3. The van der Waals surface area contributed by atoms with Gasteiger partial charge < -0.3 is 5.11 Å². The van der Waals surface area contributed by atoms with Crippen molar-refractivity contribution in [2.45, 2.75) is 39.5 Å². The van der Waals surface area contributed by atoms with Crippen LogP contribution in [0.4, 0.5) is 0 Å². The monoisotopic (exact) mass is 336 g/mol. The van der Waals surface area contributed by atoms with Crippen LogP contribution in [0.15, 0.2) is 48.5 Å². The number of carboxylic acids is 1. The van der Waals surface area contributed by atoms with Crippen molar-refractivity contribution in [2.75, 3.05) is 0 Å². The lowest BCUT2D eigenvalue weighted by molar-refractivity contribution is 0.0696. The Morgan fingerprint density at radius 1 is 0.840 bits per heavy atom. The average molecular weight is 336 g/mol. The van der Waals surface area contributed by atoms with E-state index in [0.29, 0.717) is 17.4 Å². The van der Waals surface area contributed by atoms with Crippen LogP contribution < -0.4 is 0 Å². The number of benzene rings is 2. The Labute approximate surface area is 149 Å². The molecule has 2 aromatic carbocycles. The first-order chi connectivity index (χ1) is 11.8. The zero-order valence-corrected chi connectivity index (χ0v) is 15.1. The van der Waals surface area contributed by atoms with E-state index in [-0.39, 0.29) is 11.3 Å². The molecule has 0 saturated carbocycles. The fourth-order valence-corrected chi connectivity index (χ4v) is 2.76. The average Bonchev–Trinajstić information content (AvgIpc) is 2.59. The fourth-order valence-electron chi connectivity index (χ4n) is 2.76. The van der Waals surface area contributed by atoms with Gasteiger partial charge in [0.2, 0.25) is 0 Å². The molecular weight excluding hydrogens is 312 g/mol. The van der Waals surface area contributed by atoms with Gasteiger partial charge in [0, 0.05) is 5.56 Å². The maximum absolute atomic E-state index is 12.5. The summed E-state index contributed by atoms with van der Waals surface area (Å²) in [6.45, 7) is 8.58. The quantitative estimate of drug-likeness (QED) is 0.557. The number of hydrogen-bond acceptors (Lipinski definition) is 2. The van der Waals surface area contributed by atoms with Crippen molar-refractivity contribution >= 4 is 17.8 Å². The molecule has 25 heavy (non-hydrogen) atoms. The van der Waals surface area contributed by atoms with Crippen LogP contribution in [0.1, 0.15) is 76.9 Å². The highest BCUT2D eigenvalue weighted by atomic mass is 16.4. The first-order valence-corrected chi connectivity index (χ1v) is 8.49. The Morgan fingerprint density at radius 2 is 1.40 bits per heavy atom. The van der Waals surface area contributed by atoms with E-state index in [4.69, 9.17) is 5.11 Å². The van der Waals surface area contributed by atoms with Crippen LogP contribution in [0, 0.1) is 0 Å². The summed E-state index contributed by atoms with van der Waals surface area (Å²) in [5.41, 5.74) is 4.18. The molecule has 2 aromatic rings. The standard InChI is InChI=1S/C22H24O3/c1-14(2)19-11-10-18(13-20(19)15(3)4)21(23)12-7-16-5-8-17(9-6-16)22(24)25/h5-15H,1-4H3,(H,24,25). The molecule has 0 spiro atoms. The summed E-state index contributed by atoms with van der Waals surface area (Å²) in [6.07, 6.45) is 3.24. The number of allylic oxidation sites excluding steroid dienone is 1. The number of carboxylic acid groups (broad SMARTS) is 1. The van der Waals surface area contributed by atoms with Crippen molar-refractivity contribution < 1.29 is 14.7 Å². The fraction of sp³-hybridized carbons (Fsp3) is 0.273. The third-order valence-corrected chi connectivity index (χ3v) is 4.20. The zero-order chi connectivity index (χ0) is 18.6. The topological polar surface area (TPSA) is 54.4 Å². The molecule has 130 valence electrons. The second-order valence-electron chi connectivity index (χ2n) is 6.78. The summed E-state index contributed by atoms with van der Waals surface area (Å²) in [5.74, 6) is -0.236. The minimum Gasteiger partial charge on any atom is -0.478 e. The van der Waals surface area contributed by atoms with E-state index in [1.165, 1.54) is 29.3 Å². The summed E-state index contributed by atoms with van der Waals surface area (Å²) in [5, 5.41) is 8.90. The molecule has 0 saturated heterocycles. The Hall–Kier alpha value is -2.68. The molecule has 3 nitrogen and oxygen atoms in total. The molecule has 0 aromatic heterocycles. The Bertz CT molecular complexity index is 797. The van der Waals surface area contributed by atoms with Gasteiger partial charge in [0.15, 0.2) is 5.78 Å². The Morgan fingerprint density at radius 3 is 1.92 bits per heavy atom. The van der Waals surface area contributed by atoms with Gasteiger partial charge >= 0.3 is 5.97 Å². The number of ketones is 1. The second kappa shape index (κ2) is 7.93. The van der Waals surface area contributed by atoms with Crippen LogP contribution in [0.25, 0.3) is 6.08 Å². The van der Waals surface area contributed by atoms with Crippen molar-refractivity contribution in [3.05, 3.63) is 76.4 Å². The summed E-state index contributed by atoms with van der Waals surface area (Å²) in [7, 11) is 0. The van der Waals surface area contributed by atoms with Gasteiger partial charge in [0.1, 0.15) is 0 Å². The van der Waals surface area contributed by atoms with Crippen molar-refractivity contribution in [1.82, 2.24) is 0 Å². The van der Waals surface area contributed by atoms with E-state index in [9.17, 15) is 9.59 Å². The van der Waals surface area contributed by atoms with Crippen LogP contribution in [0.3, 0.4) is 0 Å². The van der Waals surface area contributed by atoms with E-state index >= 15 is 0 Å². The molecule has 0 heterocycles. The molecule has 0 unspecified atom stereocenters. The van der Waals surface area contributed by atoms with Gasteiger partial charge in [0.05, 0.1) is 5.56 Å². The molecule has 1 N–H and O–H groups in total. The molecule has 2 rings (SSSR count). The zero-order valence-electron chi connectivity index (χ0n) is 15.1. The highest BCUT2D eigenvalue weighted by Crippen LogP contribution is 2.27. The SMILES string of the molecule is CC(C)c1ccc(C(=O)C=Cc2ccc(C(=O)O)cc2)cc1C(C)C. The lowest BCUT2D eigenvalue weighted by Crippen LogP contribution is -2.03. The molecule has 0 radical (unpaired) electrons. The van der Waals surface area contributed by atoms with Crippen molar-refractivity contribution in [1.29, 1.82) is 0 Å². The molecule has 0 aliphatic rings. The molecule has 0 atom stereocenters. The summed E-state index contributed by atoms with van der Waals surface area (Å²) in [4.78, 5) is 23.3. The summed E-state index contributed by atoms with van der Waals surface area (Å²) < 4.78 is 0. The third kappa shape index (κ3) is 4.66. The van der Waals surface area contributed by atoms with Gasteiger partial charge in [-0.15, -0.1) is 0 Å². The first-order valence-electron chi connectivity index (χ1n) is 8.49. The van der Waals surface area contributed by atoms with Crippen LogP contribution in [0.2, 0.25) is 0 Å². The van der Waals surface area contributed by atoms with Gasteiger partial charge in [-0.25, -0.2) is 4.79 Å². The van der Waals surface area contributed by atoms with Gasteiger partial charge in [-0.05, 0) is 52.8 Å². The van der Waals surface area contributed by atoms with E-state index in [0.717, 1.165) is 5.56 Å². The highest BCUT2D eigenvalue weighted by molar-refractivity contribution is 6.07. The lowest BCUT2D eigenvalue weighted by atomic mass is 9.88. The lowest BCUT2D eigenvalue weighted by Gasteiger charge is -2.16. The highest BCUT2D eigenvalue weighted by Gasteiger charge is 2.12. The second-order valence-corrected chi connectivity index (χ2v) is 6.78. The van der Waals surface area contributed by atoms with E-state index < -0.39 is 5.97 Å². The predicted octanol–water partition coefficient (Wildman–Crippen LogP) is 5.53. The van der Waals surface area contributed by atoms with Crippen LogP contribution in [0.5, 0.6) is 0 Å². The number of hydrogen-bond donors (Lipinski definition) is 1. The minimum absolute atomic E-state index is 0.0560. The van der Waals surface area contributed by atoms with Crippen LogP contribution >= 0.6 is 0 Å².